The van der Waals surface area contributed by atoms with Crippen LogP contribution in [0.4, 0.5) is 17.1 Å². The molecule has 0 saturated carbocycles. The summed E-state index contributed by atoms with van der Waals surface area (Å²) in [5.41, 5.74) is 0.144. The third-order valence-electron chi connectivity index (χ3n) is 3.36. The van der Waals surface area contributed by atoms with Gasteiger partial charge in [-0.2, -0.15) is 0 Å². The zero-order chi connectivity index (χ0) is 17.7. The lowest BCUT2D eigenvalue weighted by Crippen LogP contribution is -2.46. The van der Waals surface area contributed by atoms with E-state index in [0.717, 1.165) is 0 Å². The molecule has 3 N–H and O–H groups in total. The highest BCUT2D eigenvalue weighted by Gasteiger charge is 2.23. The van der Waals surface area contributed by atoms with Crippen molar-refractivity contribution >= 4 is 23.0 Å². The van der Waals surface area contributed by atoms with Crippen LogP contribution in [0.25, 0.3) is 0 Å². The monoisotopic (exact) mass is 329 g/mol. The van der Waals surface area contributed by atoms with E-state index in [4.69, 9.17) is 0 Å². The minimum Gasteiger partial charge on any atom is -0.394 e. The van der Waals surface area contributed by atoms with Crippen LogP contribution in [0.1, 0.15) is 24.2 Å². The van der Waals surface area contributed by atoms with Gasteiger partial charge in [0, 0.05) is 17.3 Å². The number of nitrogens with one attached hydrogen (secondary N) is 2. The second-order valence-corrected chi connectivity index (χ2v) is 5.98. The van der Waals surface area contributed by atoms with Crippen molar-refractivity contribution < 1.29 is 14.8 Å². The maximum atomic E-state index is 12.2. The van der Waals surface area contributed by atoms with E-state index in [2.05, 4.69) is 10.6 Å². The number of rotatable bonds is 6. The van der Waals surface area contributed by atoms with E-state index < -0.39 is 16.4 Å². The lowest BCUT2D eigenvalue weighted by atomic mass is 10.1. The van der Waals surface area contributed by atoms with Gasteiger partial charge in [-0.25, -0.2) is 0 Å². The van der Waals surface area contributed by atoms with E-state index >= 15 is 0 Å². The molecular formula is C17H19N3O4. The maximum absolute atomic E-state index is 12.2. The SMILES string of the molecule is CC(C)(CO)NC(=O)c1ccc(Nc2ccccc2)c([N+](=O)[O-])c1. The molecule has 0 aliphatic rings. The number of para-hydroxylation sites is 1. The number of amides is 1. The van der Waals surface area contributed by atoms with Gasteiger partial charge in [0.25, 0.3) is 11.6 Å². The van der Waals surface area contributed by atoms with Crippen molar-refractivity contribution in [3.8, 4) is 0 Å². The molecule has 0 aromatic heterocycles. The molecule has 2 aromatic rings. The van der Waals surface area contributed by atoms with E-state index in [1.807, 2.05) is 18.2 Å². The van der Waals surface area contributed by atoms with Crippen LogP contribution in [0.2, 0.25) is 0 Å². The van der Waals surface area contributed by atoms with Crippen LogP contribution in [-0.2, 0) is 0 Å². The van der Waals surface area contributed by atoms with Crippen LogP contribution in [0, 0.1) is 10.1 Å². The van der Waals surface area contributed by atoms with Crippen molar-refractivity contribution in [2.24, 2.45) is 0 Å². The molecule has 0 aliphatic heterocycles. The van der Waals surface area contributed by atoms with E-state index in [0.29, 0.717) is 11.4 Å². The van der Waals surface area contributed by atoms with Gasteiger partial charge in [0.1, 0.15) is 5.69 Å². The molecule has 0 aliphatic carbocycles. The number of carbonyl (C=O) groups excluding carboxylic acids is 1. The molecule has 2 aromatic carbocycles. The van der Waals surface area contributed by atoms with E-state index in [1.54, 1.807) is 26.0 Å². The zero-order valence-electron chi connectivity index (χ0n) is 13.4. The minimum absolute atomic E-state index is 0.154. The van der Waals surface area contributed by atoms with Gasteiger partial charge in [-0.3, -0.25) is 14.9 Å². The number of aliphatic hydroxyl groups is 1. The Morgan fingerprint density at radius 1 is 1.21 bits per heavy atom. The summed E-state index contributed by atoms with van der Waals surface area (Å²) in [6, 6.07) is 13.2. The van der Waals surface area contributed by atoms with Gasteiger partial charge in [-0.05, 0) is 38.1 Å². The van der Waals surface area contributed by atoms with Crippen LogP contribution in [0.3, 0.4) is 0 Å². The number of anilines is 2. The van der Waals surface area contributed by atoms with Crippen molar-refractivity contribution in [1.82, 2.24) is 5.32 Å². The zero-order valence-corrected chi connectivity index (χ0v) is 13.4. The summed E-state index contributed by atoms with van der Waals surface area (Å²) in [6.07, 6.45) is 0. The van der Waals surface area contributed by atoms with Gasteiger partial charge in [0.15, 0.2) is 0 Å². The standard InChI is InChI=1S/C17H19N3O4/c1-17(2,11-21)19-16(22)12-8-9-14(15(10-12)20(23)24)18-13-6-4-3-5-7-13/h3-10,18,21H,11H2,1-2H3,(H,19,22). The van der Waals surface area contributed by atoms with Crippen molar-refractivity contribution in [1.29, 1.82) is 0 Å². The Balaban J connectivity index is 2.30. The van der Waals surface area contributed by atoms with Crippen molar-refractivity contribution in [2.75, 3.05) is 11.9 Å². The van der Waals surface area contributed by atoms with E-state index in [-0.39, 0.29) is 17.9 Å². The predicted octanol–water partition coefficient (Wildman–Crippen LogP) is 2.84. The Morgan fingerprint density at radius 3 is 2.46 bits per heavy atom. The summed E-state index contributed by atoms with van der Waals surface area (Å²) in [5.74, 6) is -0.483. The molecule has 2 rings (SSSR count). The van der Waals surface area contributed by atoms with Gasteiger partial charge in [-0.15, -0.1) is 0 Å². The lowest BCUT2D eigenvalue weighted by molar-refractivity contribution is -0.383. The summed E-state index contributed by atoms with van der Waals surface area (Å²) >= 11 is 0. The lowest BCUT2D eigenvalue weighted by Gasteiger charge is -2.23. The first kappa shape index (κ1) is 17.4. The molecule has 0 bridgehead atoms. The Hall–Kier alpha value is -2.93. The average molecular weight is 329 g/mol. The molecule has 7 heteroatoms. The normalized spacial score (nSPS) is 11.0. The van der Waals surface area contributed by atoms with Crippen LogP contribution >= 0.6 is 0 Å². The van der Waals surface area contributed by atoms with Crippen LogP contribution in [-0.4, -0.2) is 28.1 Å². The summed E-state index contributed by atoms with van der Waals surface area (Å²) in [4.78, 5) is 23.0. The molecule has 0 unspecified atom stereocenters. The molecule has 126 valence electrons. The Kier molecular flexibility index (Phi) is 5.15. The number of nitro groups is 1. The van der Waals surface area contributed by atoms with Crippen LogP contribution in [0.5, 0.6) is 0 Å². The number of hydrogen-bond donors (Lipinski definition) is 3. The summed E-state index contributed by atoms with van der Waals surface area (Å²) in [5, 5.41) is 26.1. The fraction of sp³-hybridized carbons (Fsp3) is 0.235. The third kappa shape index (κ3) is 4.30. The van der Waals surface area contributed by atoms with E-state index in [9.17, 15) is 20.0 Å². The quantitative estimate of drug-likeness (QED) is 0.558. The van der Waals surface area contributed by atoms with Gasteiger partial charge >= 0.3 is 0 Å². The van der Waals surface area contributed by atoms with Crippen molar-refractivity contribution in [2.45, 2.75) is 19.4 Å². The number of hydrogen-bond acceptors (Lipinski definition) is 5. The molecule has 24 heavy (non-hydrogen) atoms. The first-order valence-corrected chi connectivity index (χ1v) is 7.36. The molecule has 0 heterocycles. The summed E-state index contributed by atoms with van der Waals surface area (Å²) < 4.78 is 0. The Bertz CT molecular complexity index is 745. The predicted molar refractivity (Wildman–Crippen MR) is 91.5 cm³/mol. The largest absolute Gasteiger partial charge is 0.394 e. The highest BCUT2D eigenvalue weighted by Crippen LogP contribution is 2.28. The van der Waals surface area contributed by atoms with Gasteiger partial charge < -0.3 is 15.7 Å². The number of aliphatic hydroxyl groups excluding tert-OH is 1. The van der Waals surface area contributed by atoms with Crippen LogP contribution in [0.15, 0.2) is 48.5 Å². The van der Waals surface area contributed by atoms with E-state index in [1.165, 1.54) is 18.2 Å². The highest BCUT2D eigenvalue weighted by molar-refractivity contribution is 5.96. The second-order valence-electron chi connectivity index (χ2n) is 5.98. The number of nitro benzene ring substituents is 1. The highest BCUT2D eigenvalue weighted by atomic mass is 16.6. The molecule has 1 amide bonds. The Labute approximate surface area is 139 Å². The first-order chi connectivity index (χ1) is 11.3. The number of benzene rings is 2. The molecule has 7 nitrogen and oxygen atoms in total. The molecular weight excluding hydrogens is 310 g/mol. The van der Waals surface area contributed by atoms with Crippen molar-refractivity contribution in [3.63, 3.8) is 0 Å². The summed E-state index contributed by atoms with van der Waals surface area (Å²) in [7, 11) is 0. The molecule has 0 radical (unpaired) electrons. The molecule has 0 spiro atoms. The van der Waals surface area contributed by atoms with Gasteiger partial charge in [-0.1, -0.05) is 18.2 Å². The molecule has 0 saturated heterocycles. The molecule has 0 fully saturated rings. The molecule has 0 atom stereocenters. The summed E-state index contributed by atoms with van der Waals surface area (Å²) in [6.45, 7) is 3.07. The number of nitrogens with zero attached hydrogens (tertiary/aromatic N) is 1. The van der Waals surface area contributed by atoms with Crippen molar-refractivity contribution in [3.05, 3.63) is 64.2 Å². The Morgan fingerprint density at radius 2 is 1.88 bits per heavy atom. The maximum Gasteiger partial charge on any atom is 0.293 e. The fourth-order valence-electron chi connectivity index (χ4n) is 2.03. The first-order valence-electron chi connectivity index (χ1n) is 7.36. The third-order valence-corrected chi connectivity index (χ3v) is 3.36. The van der Waals surface area contributed by atoms with Gasteiger partial charge in [0.2, 0.25) is 0 Å². The minimum atomic E-state index is -0.813. The fourth-order valence-corrected chi connectivity index (χ4v) is 2.03. The second kappa shape index (κ2) is 7.10. The smallest absolute Gasteiger partial charge is 0.293 e. The topological polar surface area (TPSA) is 104 Å². The van der Waals surface area contributed by atoms with Crippen LogP contribution < -0.4 is 10.6 Å². The number of carbonyl (C=O) groups is 1. The average Bonchev–Trinajstić information content (AvgIpc) is 2.55. The van der Waals surface area contributed by atoms with Gasteiger partial charge in [0.05, 0.1) is 17.1 Å².